The molecule has 2 rings (SSSR count). The topological polar surface area (TPSA) is 61.4 Å². The van der Waals surface area contributed by atoms with Crippen LogP contribution < -0.4 is 10.6 Å². The van der Waals surface area contributed by atoms with Crippen LogP contribution in [0.5, 0.6) is 0 Å². The predicted octanol–water partition coefficient (Wildman–Crippen LogP) is 1.18. The molecule has 1 aliphatic heterocycles. The van der Waals surface area contributed by atoms with Gasteiger partial charge >= 0.3 is 11.8 Å². The molecule has 0 atom stereocenters. The second kappa shape index (κ2) is 6.52. The van der Waals surface area contributed by atoms with Crippen LogP contribution in [0.15, 0.2) is 24.3 Å². The fourth-order valence-corrected chi connectivity index (χ4v) is 2.15. The lowest BCUT2D eigenvalue weighted by atomic mass is 10.0. The first-order valence-electron chi connectivity index (χ1n) is 6.99. The Labute approximate surface area is 119 Å². The van der Waals surface area contributed by atoms with Crippen LogP contribution in [-0.4, -0.2) is 42.9 Å². The number of carbonyl (C=O) groups excluding carboxylic acids is 2. The molecule has 5 heteroatoms. The molecule has 0 aromatic heterocycles. The zero-order valence-electron chi connectivity index (χ0n) is 12.0. The first-order chi connectivity index (χ1) is 9.58. The number of nitrogens with one attached hydrogen (secondary N) is 2. The summed E-state index contributed by atoms with van der Waals surface area (Å²) in [5, 5.41) is 5.80. The molecule has 0 saturated carbocycles. The third kappa shape index (κ3) is 3.57. The van der Waals surface area contributed by atoms with Crippen LogP contribution >= 0.6 is 0 Å². The van der Waals surface area contributed by atoms with Crippen molar-refractivity contribution in [1.82, 2.24) is 10.2 Å². The Bertz CT molecular complexity index is 476. The van der Waals surface area contributed by atoms with Crippen molar-refractivity contribution in [2.24, 2.45) is 0 Å². The second-order valence-corrected chi connectivity index (χ2v) is 5.27. The van der Waals surface area contributed by atoms with Gasteiger partial charge in [-0.15, -0.1) is 0 Å². The summed E-state index contributed by atoms with van der Waals surface area (Å²) in [5.41, 5.74) is 1.86. The molecule has 1 aliphatic rings. The highest BCUT2D eigenvalue weighted by Crippen LogP contribution is 2.17. The maximum Gasteiger partial charge on any atom is 0.313 e. The van der Waals surface area contributed by atoms with Crippen LogP contribution in [0.2, 0.25) is 0 Å². The molecule has 0 bridgehead atoms. The molecule has 20 heavy (non-hydrogen) atoms. The number of hydrogen-bond acceptors (Lipinski definition) is 3. The van der Waals surface area contributed by atoms with E-state index in [2.05, 4.69) is 24.5 Å². The van der Waals surface area contributed by atoms with Crippen molar-refractivity contribution in [2.75, 3.05) is 31.5 Å². The van der Waals surface area contributed by atoms with Gasteiger partial charge in [-0.3, -0.25) is 9.59 Å². The summed E-state index contributed by atoms with van der Waals surface area (Å²) >= 11 is 0. The fourth-order valence-electron chi connectivity index (χ4n) is 2.15. The quantitative estimate of drug-likeness (QED) is 0.797. The van der Waals surface area contributed by atoms with Crippen molar-refractivity contribution < 1.29 is 9.59 Å². The van der Waals surface area contributed by atoms with Crippen molar-refractivity contribution in [3.05, 3.63) is 29.8 Å². The predicted molar refractivity (Wildman–Crippen MR) is 78.6 cm³/mol. The van der Waals surface area contributed by atoms with Crippen LogP contribution in [0.25, 0.3) is 0 Å². The van der Waals surface area contributed by atoms with Gasteiger partial charge in [-0.1, -0.05) is 26.0 Å². The largest absolute Gasteiger partial charge is 0.332 e. The van der Waals surface area contributed by atoms with Gasteiger partial charge < -0.3 is 15.5 Å². The van der Waals surface area contributed by atoms with Crippen molar-refractivity contribution >= 4 is 17.5 Å². The summed E-state index contributed by atoms with van der Waals surface area (Å²) in [5.74, 6) is -0.578. The standard InChI is InChI=1S/C15H21N3O2/c1-11(2)12-3-5-13(6-4-12)17-14(19)15(20)18-9-7-16-8-10-18/h3-6,11,16H,7-10H2,1-2H3,(H,17,19). The molecule has 2 amide bonds. The van der Waals surface area contributed by atoms with Crippen LogP contribution in [0, 0.1) is 0 Å². The van der Waals surface area contributed by atoms with Gasteiger partial charge in [0.1, 0.15) is 0 Å². The van der Waals surface area contributed by atoms with Gasteiger partial charge in [0.2, 0.25) is 0 Å². The molecule has 1 aromatic carbocycles. The van der Waals surface area contributed by atoms with Gasteiger partial charge in [0, 0.05) is 31.9 Å². The normalized spacial score (nSPS) is 15.2. The monoisotopic (exact) mass is 275 g/mol. The highest BCUT2D eigenvalue weighted by molar-refractivity contribution is 6.39. The van der Waals surface area contributed by atoms with Crippen LogP contribution in [0.4, 0.5) is 5.69 Å². The summed E-state index contributed by atoms with van der Waals surface area (Å²) in [6.45, 7) is 6.87. The lowest BCUT2D eigenvalue weighted by molar-refractivity contribution is -0.143. The maximum absolute atomic E-state index is 12.0. The summed E-state index contributed by atoms with van der Waals surface area (Å²) in [4.78, 5) is 25.4. The molecule has 0 radical (unpaired) electrons. The molecule has 0 spiro atoms. The molecule has 0 aliphatic carbocycles. The van der Waals surface area contributed by atoms with E-state index in [-0.39, 0.29) is 0 Å². The van der Waals surface area contributed by atoms with Gasteiger partial charge in [0.05, 0.1) is 0 Å². The number of nitrogens with zero attached hydrogens (tertiary/aromatic N) is 1. The van der Waals surface area contributed by atoms with E-state index < -0.39 is 11.8 Å². The minimum atomic E-state index is -0.566. The highest BCUT2D eigenvalue weighted by Gasteiger charge is 2.23. The van der Waals surface area contributed by atoms with E-state index in [1.54, 1.807) is 4.90 Å². The molecule has 5 nitrogen and oxygen atoms in total. The Kier molecular flexibility index (Phi) is 4.74. The number of amides is 2. The Morgan fingerprint density at radius 2 is 1.75 bits per heavy atom. The Balaban J connectivity index is 1.94. The number of anilines is 1. The van der Waals surface area contributed by atoms with E-state index in [9.17, 15) is 9.59 Å². The van der Waals surface area contributed by atoms with Gasteiger partial charge in [-0.05, 0) is 23.6 Å². The SMILES string of the molecule is CC(C)c1ccc(NC(=O)C(=O)N2CCNCC2)cc1. The highest BCUT2D eigenvalue weighted by atomic mass is 16.2. The lowest BCUT2D eigenvalue weighted by Crippen LogP contribution is -2.49. The van der Waals surface area contributed by atoms with Crippen molar-refractivity contribution in [1.29, 1.82) is 0 Å². The lowest BCUT2D eigenvalue weighted by Gasteiger charge is -2.26. The number of carbonyl (C=O) groups is 2. The van der Waals surface area contributed by atoms with Crippen molar-refractivity contribution in [3.8, 4) is 0 Å². The molecule has 1 heterocycles. The first-order valence-corrected chi connectivity index (χ1v) is 6.99. The number of hydrogen-bond donors (Lipinski definition) is 2. The number of benzene rings is 1. The molecule has 2 N–H and O–H groups in total. The van der Waals surface area contributed by atoms with Crippen LogP contribution in [0.1, 0.15) is 25.3 Å². The van der Waals surface area contributed by atoms with E-state index in [1.807, 2.05) is 24.3 Å². The third-order valence-corrected chi connectivity index (χ3v) is 3.43. The van der Waals surface area contributed by atoms with E-state index in [1.165, 1.54) is 5.56 Å². The molecule has 108 valence electrons. The Morgan fingerprint density at radius 1 is 1.15 bits per heavy atom. The molecule has 0 unspecified atom stereocenters. The van der Waals surface area contributed by atoms with Crippen LogP contribution in [-0.2, 0) is 9.59 Å². The fraction of sp³-hybridized carbons (Fsp3) is 0.467. The van der Waals surface area contributed by atoms with Gasteiger partial charge in [0.15, 0.2) is 0 Å². The minimum absolute atomic E-state index is 0.447. The van der Waals surface area contributed by atoms with E-state index in [4.69, 9.17) is 0 Å². The Hall–Kier alpha value is -1.88. The summed E-state index contributed by atoms with van der Waals surface area (Å²) < 4.78 is 0. The molecule has 1 fully saturated rings. The third-order valence-electron chi connectivity index (χ3n) is 3.43. The zero-order valence-corrected chi connectivity index (χ0v) is 12.0. The smallest absolute Gasteiger partial charge is 0.313 e. The molecular weight excluding hydrogens is 254 g/mol. The second-order valence-electron chi connectivity index (χ2n) is 5.27. The Morgan fingerprint density at radius 3 is 2.30 bits per heavy atom. The maximum atomic E-state index is 12.0. The van der Waals surface area contributed by atoms with Gasteiger partial charge in [-0.2, -0.15) is 0 Å². The van der Waals surface area contributed by atoms with Crippen molar-refractivity contribution in [2.45, 2.75) is 19.8 Å². The van der Waals surface area contributed by atoms with Gasteiger partial charge in [0.25, 0.3) is 0 Å². The van der Waals surface area contributed by atoms with Gasteiger partial charge in [-0.25, -0.2) is 0 Å². The number of piperazine rings is 1. The van der Waals surface area contributed by atoms with E-state index in [0.717, 1.165) is 13.1 Å². The summed E-state index contributed by atoms with van der Waals surface area (Å²) in [7, 11) is 0. The van der Waals surface area contributed by atoms with Crippen LogP contribution in [0.3, 0.4) is 0 Å². The zero-order chi connectivity index (χ0) is 14.5. The first kappa shape index (κ1) is 14.5. The molecular formula is C15H21N3O2. The minimum Gasteiger partial charge on any atom is -0.332 e. The van der Waals surface area contributed by atoms with E-state index in [0.29, 0.717) is 24.7 Å². The van der Waals surface area contributed by atoms with Crippen molar-refractivity contribution in [3.63, 3.8) is 0 Å². The molecule has 1 aromatic rings. The molecule has 1 saturated heterocycles. The summed E-state index contributed by atoms with van der Waals surface area (Å²) in [6.07, 6.45) is 0. The average Bonchev–Trinajstić information content (AvgIpc) is 2.48. The average molecular weight is 275 g/mol. The van der Waals surface area contributed by atoms with E-state index >= 15 is 0 Å². The summed E-state index contributed by atoms with van der Waals surface area (Å²) in [6, 6.07) is 7.60. The number of rotatable bonds is 2.